The Labute approximate surface area is 209 Å². The Morgan fingerprint density at radius 1 is 1.03 bits per heavy atom. The van der Waals surface area contributed by atoms with Crippen LogP contribution < -0.4 is 5.32 Å². The van der Waals surface area contributed by atoms with Gasteiger partial charge in [-0.2, -0.15) is 0 Å². The highest BCUT2D eigenvalue weighted by molar-refractivity contribution is 5.87. The third-order valence-electron chi connectivity index (χ3n) is 10.4. The Bertz CT molecular complexity index is 1200. The van der Waals surface area contributed by atoms with E-state index < -0.39 is 5.60 Å². The monoisotopic (exact) mass is 472 g/mol. The fourth-order valence-corrected chi connectivity index (χ4v) is 8.69. The van der Waals surface area contributed by atoms with E-state index in [1.165, 1.54) is 33.9 Å². The minimum atomic E-state index is -0.694. The lowest BCUT2D eigenvalue weighted by atomic mass is 9.57. The molecule has 3 fully saturated rings. The third kappa shape index (κ3) is 3.40. The molecule has 186 valence electrons. The molecule has 5 aliphatic rings. The van der Waals surface area contributed by atoms with Crippen molar-refractivity contribution in [2.45, 2.75) is 70.0 Å². The number of hydrogen-bond donors (Lipinski definition) is 3. The molecule has 3 N–H and O–H groups in total. The first kappa shape index (κ1) is 23.4. The molecule has 0 radical (unpaired) electrons. The van der Waals surface area contributed by atoms with Gasteiger partial charge in [0.15, 0.2) is 0 Å². The normalized spacial score (nSPS) is 41.2. The predicted octanol–water partition coefficient (Wildman–Crippen LogP) is 5.50. The molecule has 35 heavy (non-hydrogen) atoms. The lowest BCUT2D eigenvalue weighted by Crippen LogP contribution is -2.49. The Morgan fingerprint density at radius 2 is 1.86 bits per heavy atom. The van der Waals surface area contributed by atoms with E-state index in [4.69, 9.17) is 0 Å². The van der Waals surface area contributed by atoms with Crippen molar-refractivity contribution < 1.29 is 10.2 Å². The molecule has 0 bridgehead atoms. The molecule has 3 saturated carbocycles. The topological polar surface area (TPSA) is 65.4 Å². The number of aromatic nitrogens is 1. The van der Waals surface area contributed by atoms with Crippen LogP contribution in [0.1, 0.15) is 63.9 Å². The van der Waals surface area contributed by atoms with E-state index in [1.807, 2.05) is 26.5 Å². The second kappa shape index (κ2) is 8.26. The van der Waals surface area contributed by atoms with Crippen LogP contribution >= 0.6 is 0 Å². The number of benzene rings is 1. The van der Waals surface area contributed by atoms with Gasteiger partial charge in [0.25, 0.3) is 0 Å². The number of rotatable bonds is 1. The minimum Gasteiger partial charge on any atom is -0.393 e. The summed E-state index contributed by atoms with van der Waals surface area (Å²) < 4.78 is 0. The van der Waals surface area contributed by atoms with E-state index in [-0.39, 0.29) is 22.9 Å². The fourth-order valence-electron chi connectivity index (χ4n) is 8.69. The summed E-state index contributed by atoms with van der Waals surface area (Å²) >= 11 is 0. The van der Waals surface area contributed by atoms with Crippen molar-refractivity contribution in [3.63, 3.8) is 0 Å². The van der Waals surface area contributed by atoms with Crippen LogP contribution in [0.2, 0.25) is 0 Å². The number of nitrogens with zero attached hydrogens (tertiary/aromatic N) is 1. The number of nitrogens with one attached hydrogen (secondary N) is 1. The van der Waals surface area contributed by atoms with Gasteiger partial charge >= 0.3 is 0 Å². The molecule has 7 rings (SSSR count). The number of pyridine rings is 1. The molecule has 1 spiro atoms. The fraction of sp³-hybridized carbons (Fsp3) is 0.581. The molecule has 1 heterocycles. The van der Waals surface area contributed by atoms with Gasteiger partial charge in [-0.05, 0) is 117 Å². The first-order chi connectivity index (χ1) is 16.9. The van der Waals surface area contributed by atoms with E-state index in [2.05, 4.69) is 53.6 Å². The maximum absolute atomic E-state index is 12.4. The van der Waals surface area contributed by atoms with E-state index >= 15 is 0 Å². The first-order valence-corrected chi connectivity index (χ1v) is 13.6. The van der Waals surface area contributed by atoms with E-state index in [0.29, 0.717) is 11.8 Å². The molecule has 1 aromatic carbocycles. The lowest BCUT2D eigenvalue weighted by molar-refractivity contribution is -0.0389. The summed E-state index contributed by atoms with van der Waals surface area (Å²) in [7, 11) is 3.75. The van der Waals surface area contributed by atoms with Crippen LogP contribution in [0, 0.1) is 28.6 Å². The van der Waals surface area contributed by atoms with Crippen molar-refractivity contribution in [1.82, 2.24) is 10.3 Å². The molecular formula is C31H40N2O2. The van der Waals surface area contributed by atoms with E-state index in [9.17, 15) is 10.2 Å². The summed E-state index contributed by atoms with van der Waals surface area (Å²) in [5.74, 6) is 1.42. The summed E-state index contributed by atoms with van der Waals surface area (Å²) in [5.41, 5.74) is 3.57. The Kier molecular flexibility index (Phi) is 5.52. The van der Waals surface area contributed by atoms with Crippen molar-refractivity contribution in [2.75, 3.05) is 14.1 Å². The van der Waals surface area contributed by atoms with Crippen LogP contribution in [0.15, 0.2) is 54.4 Å². The van der Waals surface area contributed by atoms with Crippen molar-refractivity contribution in [3.8, 4) is 0 Å². The van der Waals surface area contributed by atoms with Gasteiger partial charge in [0.05, 0.1) is 11.7 Å². The van der Waals surface area contributed by atoms with Crippen molar-refractivity contribution in [1.29, 1.82) is 0 Å². The average Bonchev–Trinajstić information content (AvgIpc) is 3.42. The summed E-state index contributed by atoms with van der Waals surface area (Å²) in [6.07, 6.45) is 16.7. The van der Waals surface area contributed by atoms with Crippen LogP contribution in [0.4, 0.5) is 0 Å². The number of hydrogen-bond acceptors (Lipinski definition) is 4. The molecule has 4 heteroatoms. The van der Waals surface area contributed by atoms with Crippen LogP contribution in [-0.2, 0) is 0 Å². The Morgan fingerprint density at radius 3 is 2.69 bits per heavy atom. The van der Waals surface area contributed by atoms with Gasteiger partial charge in [0.1, 0.15) is 0 Å². The number of aliphatic hydroxyl groups excluding tert-OH is 1. The number of fused-ring (bicyclic) bond motifs is 5. The maximum atomic E-state index is 12.4. The molecule has 5 aliphatic carbocycles. The van der Waals surface area contributed by atoms with Gasteiger partial charge in [0, 0.05) is 29.1 Å². The number of allylic oxidation sites excluding steroid dienone is 3. The van der Waals surface area contributed by atoms with Gasteiger partial charge in [-0.1, -0.05) is 31.2 Å². The molecule has 0 amide bonds. The molecule has 7 atom stereocenters. The SMILES string of the molecule is CC12CC=C3C4CC45CC(O)CCC5CC[C@]3(O)C1CC=C2c1ccc2ccncc2c1.CNC. The molecule has 1 aromatic heterocycles. The quantitative estimate of drug-likeness (QED) is 0.480. The zero-order valence-electron chi connectivity index (χ0n) is 21.4. The zero-order chi connectivity index (χ0) is 24.4. The van der Waals surface area contributed by atoms with Gasteiger partial charge in [-0.3, -0.25) is 4.98 Å². The highest BCUT2D eigenvalue weighted by Gasteiger charge is 2.68. The van der Waals surface area contributed by atoms with Crippen LogP contribution in [0.3, 0.4) is 0 Å². The van der Waals surface area contributed by atoms with Gasteiger partial charge in [0.2, 0.25) is 0 Å². The highest BCUT2D eigenvalue weighted by Crippen LogP contribution is 2.74. The second-order valence-corrected chi connectivity index (χ2v) is 12.2. The second-order valence-electron chi connectivity index (χ2n) is 12.2. The standard InChI is InChI=1S/C29H33NO2.C2H7N/c1-27-11-9-24-25-16-28(25)15-22(31)5-4-21(28)8-12-29(24,32)26(27)7-6-23(27)19-3-2-18-10-13-30-17-20(18)14-19;1-3-2/h2-3,6,9-10,13-14,17,21-22,25-26,31-32H,4-5,7-8,11-12,15-16H2,1H3;3H,1-2H3/t21?,22?,25?,26?,27?,28?,29-;/m1./s1. The predicted molar refractivity (Wildman–Crippen MR) is 142 cm³/mol. The summed E-state index contributed by atoms with van der Waals surface area (Å²) in [6.45, 7) is 2.39. The van der Waals surface area contributed by atoms with Crippen LogP contribution in [0.5, 0.6) is 0 Å². The smallest absolute Gasteiger partial charge is 0.0899 e. The van der Waals surface area contributed by atoms with Crippen molar-refractivity contribution in [3.05, 3.63) is 59.9 Å². The first-order valence-electron chi connectivity index (χ1n) is 13.6. The summed E-state index contributed by atoms with van der Waals surface area (Å²) in [5, 5.41) is 28.0. The molecular weight excluding hydrogens is 432 g/mol. The highest BCUT2D eigenvalue weighted by atomic mass is 16.3. The van der Waals surface area contributed by atoms with Gasteiger partial charge in [-0.25, -0.2) is 0 Å². The Hall–Kier alpha value is -2.01. The molecule has 4 nitrogen and oxygen atoms in total. The van der Waals surface area contributed by atoms with Crippen molar-refractivity contribution >= 4 is 16.3 Å². The Balaban J connectivity index is 0.000000727. The largest absolute Gasteiger partial charge is 0.393 e. The van der Waals surface area contributed by atoms with Gasteiger partial charge < -0.3 is 15.5 Å². The summed E-state index contributed by atoms with van der Waals surface area (Å²) in [6, 6.07) is 8.81. The van der Waals surface area contributed by atoms with Crippen molar-refractivity contribution in [2.24, 2.45) is 28.6 Å². The summed E-state index contributed by atoms with van der Waals surface area (Å²) in [4.78, 5) is 4.32. The molecule has 6 unspecified atom stereocenters. The molecule has 2 aromatic rings. The van der Waals surface area contributed by atoms with Gasteiger partial charge in [-0.15, -0.1) is 0 Å². The molecule has 0 aliphatic heterocycles. The third-order valence-corrected chi connectivity index (χ3v) is 10.4. The van der Waals surface area contributed by atoms with Crippen LogP contribution in [0.25, 0.3) is 16.3 Å². The minimum absolute atomic E-state index is 0.0365. The average molecular weight is 473 g/mol. The number of aliphatic hydroxyl groups is 2. The zero-order valence-corrected chi connectivity index (χ0v) is 21.4. The van der Waals surface area contributed by atoms with Crippen LogP contribution in [-0.4, -0.2) is 41.0 Å². The lowest BCUT2D eigenvalue weighted by Gasteiger charge is -2.49. The maximum Gasteiger partial charge on any atom is 0.0899 e. The van der Waals surface area contributed by atoms with E-state index in [0.717, 1.165) is 44.9 Å². The van der Waals surface area contributed by atoms with E-state index in [1.54, 1.807) is 0 Å². The molecule has 0 saturated heterocycles.